The maximum Gasteiger partial charge on any atom is 0.253 e. The van der Waals surface area contributed by atoms with Crippen LogP contribution in [0.15, 0.2) is 24.3 Å². The Labute approximate surface area is 102 Å². The highest BCUT2D eigenvalue weighted by Crippen LogP contribution is 2.20. The Kier molecular flexibility index (Phi) is 4.97. The minimum absolute atomic E-state index is 0.0417. The zero-order valence-corrected chi connectivity index (χ0v) is 10.6. The van der Waals surface area contributed by atoms with Gasteiger partial charge in [-0.25, -0.2) is 5.06 Å². The van der Waals surface area contributed by atoms with Crippen LogP contribution in [-0.4, -0.2) is 24.6 Å². The third-order valence-corrected chi connectivity index (χ3v) is 2.67. The molecule has 0 bridgehead atoms. The van der Waals surface area contributed by atoms with Gasteiger partial charge in [-0.2, -0.15) is 0 Å². The fourth-order valence-electron chi connectivity index (χ4n) is 1.68. The summed E-state index contributed by atoms with van der Waals surface area (Å²) < 4.78 is 0. The van der Waals surface area contributed by atoms with Crippen molar-refractivity contribution in [3.63, 3.8) is 0 Å². The van der Waals surface area contributed by atoms with Gasteiger partial charge in [0.2, 0.25) is 0 Å². The van der Waals surface area contributed by atoms with E-state index in [9.17, 15) is 4.79 Å². The molecule has 1 aromatic rings. The van der Waals surface area contributed by atoms with Crippen molar-refractivity contribution in [2.45, 2.75) is 26.2 Å². The van der Waals surface area contributed by atoms with Crippen molar-refractivity contribution in [1.82, 2.24) is 5.06 Å². The van der Waals surface area contributed by atoms with Gasteiger partial charge in [0.1, 0.15) is 0 Å². The van der Waals surface area contributed by atoms with Gasteiger partial charge in [0.15, 0.2) is 0 Å². The average Bonchev–Trinajstić information content (AvgIpc) is 2.34. The Morgan fingerprint density at radius 2 is 2.24 bits per heavy atom. The van der Waals surface area contributed by atoms with Crippen LogP contribution in [0.1, 0.15) is 31.7 Å². The number of hydroxylamine groups is 2. The van der Waals surface area contributed by atoms with Crippen molar-refractivity contribution in [2.24, 2.45) is 0 Å². The smallest absolute Gasteiger partial charge is 0.253 e. The number of nitrogen functional groups attached to an aromatic ring is 1. The molecule has 0 radical (unpaired) electrons. The van der Waals surface area contributed by atoms with Crippen molar-refractivity contribution >= 4 is 11.6 Å². The second kappa shape index (κ2) is 6.25. The van der Waals surface area contributed by atoms with Crippen LogP contribution in [0.25, 0.3) is 0 Å². The van der Waals surface area contributed by atoms with Gasteiger partial charge in [0, 0.05) is 12.2 Å². The molecule has 0 aromatic heterocycles. The highest BCUT2D eigenvalue weighted by atomic mass is 16.7. The zero-order chi connectivity index (χ0) is 12.8. The molecular formula is C13H20N2O2. The van der Waals surface area contributed by atoms with E-state index in [2.05, 4.69) is 0 Å². The topological polar surface area (TPSA) is 55.6 Å². The summed E-state index contributed by atoms with van der Waals surface area (Å²) in [5.74, 6) is -0.287. The van der Waals surface area contributed by atoms with Crippen LogP contribution in [0.4, 0.5) is 5.69 Å². The predicted molar refractivity (Wildman–Crippen MR) is 68.3 cm³/mol. The molecule has 0 aliphatic heterocycles. The summed E-state index contributed by atoms with van der Waals surface area (Å²) in [6.45, 7) is 4.46. The van der Waals surface area contributed by atoms with Gasteiger partial charge in [0.05, 0.1) is 13.0 Å². The highest BCUT2D eigenvalue weighted by Gasteiger charge is 2.21. The van der Waals surface area contributed by atoms with Gasteiger partial charge in [-0.3, -0.25) is 9.63 Å². The van der Waals surface area contributed by atoms with Gasteiger partial charge in [-0.05, 0) is 31.0 Å². The van der Waals surface area contributed by atoms with Gasteiger partial charge < -0.3 is 5.73 Å². The predicted octanol–water partition coefficient (Wildman–Crippen LogP) is 2.17. The second-order valence-electron chi connectivity index (χ2n) is 4.01. The Morgan fingerprint density at radius 1 is 1.53 bits per heavy atom. The number of nitrogens with zero attached hydrogens (tertiary/aromatic N) is 1. The number of hydrogen-bond acceptors (Lipinski definition) is 3. The molecule has 1 atom stereocenters. The van der Waals surface area contributed by atoms with Crippen LogP contribution < -0.4 is 5.73 Å². The summed E-state index contributed by atoms with van der Waals surface area (Å²) in [5, 5.41) is 1.40. The Balaban J connectivity index is 2.81. The Hall–Kier alpha value is -1.55. The largest absolute Gasteiger partial charge is 0.399 e. The van der Waals surface area contributed by atoms with Crippen molar-refractivity contribution < 1.29 is 9.63 Å². The van der Waals surface area contributed by atoms with Crippen molar-refractivity contribution in [2.75, 3.05) is 19.4 Å². The fourth-order valence-corrected chi connectivity index (χ4v) is 1.68. The monoisotopic (exact) mass is 236 g/mol. The van der Waals surface area contributed by atoms with E-state index in [1.807, 2.05) is 32.0 Å². The molecule has 0 heterocycles. The molecule has 0 aliphatic rings. The molecule has 0 fully saturated rings. The van der Waals surface area contributed by atoms with Crippen LogP contribution in [0.5, 0.6) is 0 Å². The van der Waals surface area contributed by atoms with Crippen LogP contribution in [0, 0.1) is 0 Å². The number of hydrogen-bond donors (Lipinski definition) is 1. The first-order valence-electron chi connectivity index (χ1n) is 5.81. The number of anilines is 1. The van der Waals surface area contributed by atoms with Gasteiger partial charge in [0.25, 0.3) is 5.91 Å². The summed E-state index contributed by atoms with van der Waals surface area (Å²) in [6.07, 6.45) is 0.864. The van der Waals surface area contributed by atoms with Crippen LogP contribution in [0.3, 0.4) is 0 Å². The number of rotatable bonds is 5. The van der Waals surface area contributed by atoms with Crippen molar-refractivity contribution in [3.05, 3.63) is 29.8 Å². The van der Waals surface area contributed by atoms with E-state index < -0.39 is 0 Å². The Morgan fingerprint density at radius 3 is 2.76 bits per heavy atom. The molecule has 17 heavy (non-hydrogen) atoms. The van der Waals surface area contributed by atoms with E-state index in [1.165, 1.54) is 12.2 Å². The molecule has 1 amide bonds. The molecule has 1 aromatic carbocycles. The van der Waals surface area contributed by atoms with E-state index in [0.29, 0.717) is 12.2 Å². The van der Waals surface area contributed by atoms with Gasteiger partial charge in [-0.15, -0.1) is 0 Å². The molecule has 1 unspecified atom stereocenters. The first kappa shape index (κ1) is 13.5. The second-order valence-corrected chi connectivity index (χ2v) is 4.01. The van der Waals surface area contributed by atoms with E-state index in [1.54, 1.807) is 6.07 Å². The molecule has 1 rings (SSSR count). The normalized spacial score (nSPS) is 12.2. The SMILES string of the molecule is CCCN(OC)C(=O)C(C)c1cccc(N)c1. The average molecular weight is 236 g/mol. The zero-order valence-electron chi connectivity index (χ0n) is 10.6. The summed E-state index contributed by atoms with van der Waals surface area (Å²) >= 11 is 0. The van der Waals surface area contributed by atoms with E-state index in [0.717, 1.165) is 12.0 Å². The lowest BCUT2D eigenvalue weighted by atomic mass is 10.00. The maximum absolute atomic E-state index is 12.1. The molecule has 0 aliphatic carbocycles. The maximum atomic E-state index is 12.1. The van der Waals surface area contributed by atoms with Crippen LogP contribution in [0.2, 0.25) is 0 Å². The first-order valence-corrected chi connectivity index (χ1v) is 5.81. The molecule has 0 saturated carbocycles. The van der Waals surface area contributed by atoms with E-state index in [4.69, 9.17) is 10.6 Å². The summed E-state index contributed by atoms with van der Waals surface area (Å²) in [6, 6.07) is 7.38. The van der Waals surface area contributed by atoms with E-state index in [-0.39, 0.29) is 11.8 Å². The number of carbonyl (C=O) groups is 1. The number of amides is 1. The Bertz CT molecular complexity index is 379. The lowest BCUT2D eigenvalue weighted by Gasteiger charge is -2.23. The highest BCUT2D eigenvalue weighted by molar-refractivity contribution is 5.82. The third kappa shape index (κ3) is 3.46. The number of nitrogens with two attached hydrogens (primary N) is 1. The minimum Gasteiger partial charge on any atom is -0.399 e. The molecule has 2 N–H and O–H groups in total. The van der Waals surface area contributed by atoms with Crippen LogP contribution >= 0.6 is 0 Å². The van der Waals surface area contributed by atoms with Crippen molar-refractivity contribution in [1.29, 1.82) is 0 Å². The summed E-state index contributed by atoms with van der Waals surface area (Å²) in [7, 11) is 1.51. The standard InChI is InChI=1S/C13H20N2O2/c1-4-8-15(17-3)13(16)10(2)11-6-5-7-12(14)9-11/h5-7,9-10H,4,8,14H2,1-3H3. The molecule has 0 spiro atoms. The fraction of sp³-hybridized carbons (Fsp3) is 0.462. The molecule has 4 nitrogen and oxygen atoms in total. The minimum atomic E-state index is -0.245. The molecule has 4 heteroatoms. The quantitative estimate of drug-likeness (QED) is 0.629. The summed E-state index contributed by atoms with van der Waals surface area (Å²) in [5.41, 5.74) is 7.29. The van der Waals surface area contributed by atoms with Crippen molar-refractivity contribution in [3.8, 4) is 0 Å². The van der Waals surface area contributed by atoms with Crippen LogP contribution in [-0.2, 0) is 9.63 Å². The lowest BCUT2D eigenvalue weighted by molar-refractivity contribution is -0.177. The number of carbonyl (C=O) groups excluding carboxylic acids is 1. The molecular weight excluding hydrogens is 216 g/mol. The number of benzene rings is 1. The van der Waals surface area contributed by atoms with Gasteiger partial charge in [-0.1, -0.05) is 19.1 Å². The van der Waals surface area contributed by atoms with E-state index >= 15 is 0 Å². The third-order valence-electron chi connectivity index (χ3n) is 2.67. The molecule has 94 valence electrons. The molecule has 0 saturated heterocycles. The summed E-state index contributed by atoms with van der Waals surface area (Å²) in [4.78, 5) is 17.2. The lowest BCUT2D eigenvalue weighted by Crippen LogP contribution is -2.34. The van der Waals surface area contributed by atoms with Gasteiger partial charge >= 0.3 is 0 Å². The first-order chi connectivity index (χ1) is 8.10.